The molecular formula is C28H24N4O3S. The Kier molecular flexibility index (Phi) is 6.35. The van der Waals surface area contributed by atoms with E-state index in [1.165, 1.54) is 16.9 Å². The zero-order valence-corrected chi connectivity index (χ0v) is 20.4. The van der Waals surface area contributed by atoms with E-state index in [1.807, 2.05) is 83.7 Å². The number of carbonyl (C=O) groups excluding carboxylic acids is 3. The Morgan fingerprint density at radius 3 is 2.14 bits per heavy atom. The van der Waals surface area contributed by atoms with Gasteiger partial charge in [-0.3, -0.25) is 14.5 Å². The average molecular weight is 497 g/mol. The highest BCUT2D eigenvalue weighted by atomic mass is 32.1. The summed E-state index contributed by atoms with van der Waals surface area (Å²) in [6.07, 6.45) is 1.86. The molecule has 8 heteroatoms. The zero-order chi connectivity index (χ0) is 25.1. The highest BCUT2D eigenvalue weighted by Gasteiger charge is 2.54. The third-order valence-electron chi connectivity index (χ3n) is 6.17. The maximum absolute atomic E-state index is 13.8. The minimum absolute atomic E-state index is 0.450. The Bertz CT molecular complexity index is 1430. The van der Waals surface area contributed by atoms with Gasteiger partial charge in [0.25, 0.3) is 11.8 Å². The first-order valence-electron chi connectivity index (χ1n) is 11.5. The van der Waals surface area contributed by atoms with E-state index in [0.717, 1.165) is 10.5 Å². The standard InChI is InChI=1S/C28H24N4O3S/c1-20-12-14-21(15-13-20)18-31-16-17-36-27(31)29-24(33)19-32-25(34)28(30-26(32)35,22-8-4-2-5-9-22)23-10-6-3-7-11-23/h2-17H,18-19H2,1H3,(H,30,35). The second kappa shape index (κ2) is 9.75. The van der Waals surface area contributed by atoms with Gasteiger partial charge in [-0.25, -0.2) is 4.79 Å². The van der Waals surface area contributed by atoms with Crippen LogP contribution < -0.4 is 10.1 Å². The minimum atomic E-state index is -1.41. The van der Waals surface area contributed by atoms with Crippen molar-refractivity contribution in [1.29, 1.82) is 0 Å². The van der Waals surface area contributed by atoms with Crippen LogP contribution in [0.1, 0.15) is 22.3 Å². The Morgan fingerprint density at radius 2 is 1.53 bits per heavy atom. The van der Waals surface area contributed by atoms with Gasteiger partial charge in [0.15, 0.2) is 10.3 Å². The van der Waals surface area contributed by atoms with Gasteiger partial charge < -0.3 is 9.88 Å². The Hall–Kier alpha value is -4.30. The van der Waals surface area contributed by atoms with E-state index in [9.17, 15) is 14.4 Å². The van der Waals surface area contributed by atoms with Crippen molar-refractivity contribution < 1.29 is 14.4 Å². The molecule has 1 N–H and O–H groups in total. The molecular weight excluding hydrogens is 472 g/mol. The third-order valence-corrected chi connectivity index (χ3v) is 6.96. The Labute approximate surface area is 212 Å². The number of nitrogens with one attached hydrogen (secondary N) is 1. The number of amides is 4. The van der Waals surface area contributed by atoms with E-state index in [1.54, 1.807) is 24.3 Å². The van der Waals surface area contributed by atoms with Gasteiger partial charge in [-0.15, -0.1) is 11.3 Å². The summed E-state index contributed by atoms with van der Waals surface area (Å²) in [6.45, 7) is 2.14. The van der Waals surface area contributed by atoms with Crippen molar-refractivity contribution in [3.63, 3.8) is 0 Å². The number of hydrogen-bond donors (Lipinski definition) is 1. The number of imide groups is 1. The van der Waals surface area contributed by atoms with Crippen LogP contribution >= 0.6 is 11.3 Å². The number of urea groups is 1. The van der Waals surface area contributed by atoms with Crippen LogP contribution in [-0.2, 0) is 21.7 Å². The summed E-state index contributed by atoms with van der Waals surface area (Å²) in [4.78, 5) is 45.4. The summed E-state index contributed by atoms with van der Waals surface area (Å²) in [7, 11) is 0. The van der Waals surface area contributed by atoms with Gasteiger partial charge in [-0.2, -0.15) is 4.99 Å². The number of carbonyl (C=O) groups is 3. The number of aromatic nitrogens is 1. The molecule has 7 nitrogen and oxygen atoms in total. The molecule has 0 atom stereocenters. The predicted molar refractivity (Wildman–Crippen MR) is 137 cm³/mol. The molecule has 1 aromatic heterocycles. The predicted octanol–water partition coefficient (Wildman–Crippen LogP) is 3.83. The summed E-state index contributed by atoms with van der Waals surface area (Å²) >= 11 is 1.32. The van der Waals surface area contributed by atoms with E-state index in [-0.39, 0.29) is 0 Å². The number of aryl methyl sites for hydroxylation is 1. The first-order valence-corrected chi connectivity index (χ1v) is 12.4. The fourth-order valence-electron chi connectivity index (χ4n) is 4.33. The van der Waals surface area contributed by atoms with Crippen LogP contribution in [0.5, 0.6) is 0 Å². The molecule has 1 saturated heterocycles. The second-order valence-electron chi connectivity index (χ2n) is 8.61. The van der Waals surface area contributed by atoms with Crippen molar-refractivity contribution in [2.75, 3.05) is 6.54 Å². The fourth-order valence-corrected chi connectivity index (χ4v) is 5.07. The number of benzene rings is 3. The van der Waals surface area contributed by atoms with Crippen LogP contribution in [0.25, 0.3) is 0 Å². The maximum Gasteiger partial charge on any atom is 0.326 e. The van der Waals surface area contributed by atoms with E-state index < -0.39 is 29.9 Å². The summed E-state index contributed by atoms with van der Waals surface area (Å²) in [5.74, 6) is -1.08. The second-order valence-corrected chi connectivity index (χ2v) is 9.48. The van der Waals surface area contributed by atoms with Crippen LogP contribution in [-0.4, -0.2) is 33.9 Å². The maximum atomic E-state index is 13.8. The van der Waals surface area contributed by atoms with Crippen LogP contribution in [0.15, 0.2) is 101 Å². The van der Waals surface area contributed by atoms with E-state index in [0.29, 0.717) is 22.5 Å². The molecule has 180 valence electrons. The van der Waals surface area contributed by atoms with Gasteiger partial charge in [0.2, 0.25) is 0 Å². The topological polar surface area (TPSA) is 83.8 Å². The van der Waals surface area contributed by atoms with Crippen molar-refractivity contribution in [2.45, 2.75) is 19.0 Å². The lowest BCUT2D eigenvalue weighted by molar-refractivity contribution is -0.133. The SMILES string of the molecule is Cc1ccc(Cn2ccsc2=NC(=O)CN2C(=O)NC(c3ccccc3)(c3ccccc3)C2=O)cc1. The molecule has 0 saturated carbocycles. The number of hydrogen-bond acceptors (Lipinski definition) is 4. The summed E-state index contributed by atoms with van der Waals surface area (Å²) in [5, 5.41) is 4.70. The lowest BCUT2D eigenvalue weighted by Gasteiger charge is -2.27. The summed E-state index contributed by atoms with van der Waals surface area (Å²) < 4.78 is 1.87. The van der Waals surface area contributed by atoms with Gasteiger partial charge in [0.05, 0.1) is 0 Å². The molecule has 0 radical (unpaired) electrons. The monoisotopic (exact) mass is 496 g/mol. The number of rotatable bonds is 6. The van der Waals surface area contributed by atoms with Crippen molar-refractivity contribution in [2.24, 2.45) is 4.99 Å². The van der Waals surface area contributed by atoms with Gasteiger partial charge in [-0.05, 0) is 23.6 Å². The smallest absolute Gasteiger partial charge is 0.319 e. The molecule has 0 spiro atoms. The molecule has 0 aliphatic carbocycles. The zero-order valence-electron chi connectivity index (χ0n) is 19.6. The van der Waals surface area contributed by atoms with Gasteiger partial charge >= 0.3 is 6.03 Å². The number of thiazole rings is 1. The third kappa shape index (κ3) is 4.38. The van der Waals surface area contributed by atoms with E-state index >= 15 is 0 Å². The summed E-state index contributed by atoms with van der Waals surface area (Å²) in [6, 6.07) is 25.6. The van der Waals surface area contributed by atoms with E-state index in [2.05, 4.69) is 10.3 Å². The Balaban J connectivity index is 1.42. The Morgan fingerprint density at radius 1 is 0.917 bits per heavy atom. The molecule has 36 heavy (non-hydrogen) atoms. The average Bonchev–Trinajstić information content (AvgIpc) is 3.43. The highest BCUT2D eigenvalue weighted by Crippen LogP contribution is 2.35. The van der Waals surface area contributed by atoms with Crippen LogP contribution in [0.4, 0.5) is 4.79 Å². The van der Waals surface area contributed by atoms with Crippen LogP contribution in [0.2, 0.25) is 0 Å². The van der Waals surface area contributed by atoms with Gasteiger partial charge in [-0.1, -0.05) is 90.5 Å². The molecule has 0 bridgehead atoms. The minimum Gasteiger partial charge on any atom is -0.319 e. The van der Waals surface area contributed by atoms with Crippen molar-refractivity contribution in [3.8, 4) is 0 Å². The largest absolute Gasteiger partial charge is 0.326 e. The molecule has 4 aromatic rings. The van der Waals surface area contributed by atoms with Gasteiger partial charge in [0, 0.05) is 18.1 Å². The lowest BCUT2D eigenvalue weighted by Crippen LogP contribution is -2.45. The molecule has 1 aliphatic rings. The van der Waals surface area contributed by atoms with E-state index in [4.69, 9.17) is 0 Å². The summed E-state index contributed by atoms with van der Waals surface area (Å²) in [5.41, 5.74) is 2.09. The van der Waals surface area contributed by atoms with Gasteiger partial charge in [0.1, 0.15) is 6.54 Å². The lowest BCUT2D eigenvalue weighted by atomic mass is 9.82. The normalized spacial score (nSPS) is 15.2. The van der Waals surface area contributed by atoms with Crippen molar-refractivity contribution in [1.82, 2.24) is 14.8 Å². The molecule has 4 amide bonds. The van der Waals surface area contributed by atoms with Crippen molar-refractivity contribution >= 4 is 29.2 Å². The molecule has 1 aliphatic heterocycles. The molecule has 0 unspecified atom stereocenters. The fraction of sp³-hybridized carbons (Fsp3) is 0.143. The van der Waals surface area contributed by atoms with Crippen molar-refractivity contribution in [3.05, 3.63) is 124 Å². The highest BCUT2D eigenvalue weighted by molar-refractivity contribution is 7.07. The first-order chi connectivity index (χ1) is 17.5. The first kappa shape index (κ1) is 23.4. The molecule has 5 rings (SSSR count). The molecule has 1 fully saturated rings. The quantitative estimate of drug-likeness (QED) is 0.412. The van der Waals surface area contributed by atoms with Crippen LogP contribution in [0, 0.1) is 6.92 Å². The number of nitrogens with zero attached hydrogens (tertiary/aromatic N) is 3. The molecule has 2 heterocycles. The molecule has 3 aromatic carbocycles. The van der Waals surface area contributed by atoms with Crippen LogP contribution in [0.3, 0.4) is 0 Å².